The minimum atomic E-state index is -0.315. The van der Waals surface area contributed by atoms with Crippen LogP contribution in [-0.4, -0.2) is 17.3 Å². The Bertz CT molecular complexity index is 537. The molecule has 5 heteroatoms. The number of methoxy groups -OCH3 is 1. The summed E-state index contributed by atoms with van der Waals surface area (Å²) in [6, 6.07) is 9.68. The van der Waals surface area contributed by atoms with Gasteiger partial charge in [-0.3, -0.25) is 0 Å². The first-order valence-electron chi connectivity index (χ1n) is 6.46. The van der Waals surface area contributed by atoms with E-state index in [9.17, 15) is 0 Å². The van der Waals surface area contributed by atoms with Crippen molar-refractivity contribution in [2.24, 2.45) is 11.7 Å². The molecule has 3 rings (SSSR count). The Labute approximate surface area is 111 Å². The molecular formula is C14H17N3O2. The Kier molecular flexibility index (Phi) is 3.31. The number of nitrogens with zero attached hydrogens (tertiary/aromatic N) is 2. The van der Waals surface area contributed by atoms with Crippen LogP contribution in [0.5, 0.6) is 0 Å². The van der Waals surface area contributed by atoms with Crippen LogP contribution in [0.1, 0.15) is 42.3 Å². The van der Waals surface area contributed by atoms with Crippen molar-refractivity contribution >= 4 is 0 Å². The summed E-state index contributed by atoms with van der Waals surface area (Å²) in [7, 11) is 1.63. The Morgan fingerprint density at radius 3 is 2.68 bits per heavy atom. The number of ether oxygens (including phenoxy) is 1. The minimum Gasteiger partial charge on any atom is -0.369 e. The van der Waals surface area contributed by atoms with Gasteiger partial charge in [-0.15, -0.1) is 0 Å². The van der Waals surface area contributed by atoms with Crippen molar-refractivity contribution in [3.8, 4) is 0 Å². The normalized spacial score (nSPS) is 18.2. The van der Waals surface area contributed by atoms with Crippen LogP contribution in [0.4, 0.5) is 0 Å². The maximum absolute atomic E-state index is 6.06. The largest absolute Gasteiger partial charge is 0.369 e. The zero-order valence-corrected chi connectivity index (χ0v) is 10.8. The summed E-state index contributed by atoms with van der Waals surface area (Å²) in [6.07, 6.45) is 1.97. The van der Waals surface area contributed by atoms with Crippen LogP contribution >= 0.6 is 0 Å². The summed E-state index contributed by atoms with van der Waals surface area (Å²) in [4.78, 5) is 4.39. The summed E-state index contributed by atoms with van der Waals surface area (Å²) in [6.45, 7) is 0. The van der Waals surface area contributed by atoms with Crippen molar-refractivity contribution in [3.05, 3.63) is 47.6 Å². The van der Waals surface area contributed by atoms with Crippen molar-refractivity contribution in [3.63, 3.8) is 0 Å². The molecular weight excluding hydrogens is 242 g/mol. The predicted octanol–water partition coefficient (Wildman–Crippen LogP) is 2.22. The molecule has 2 aromatic rings. The standard InChI is InChI=1S/C14H17N3O2/c1-18-12(10-5-3-2-4-6-10)13-16-14(19-17-13)11(15)9-7-8-9/h2-6,9,11-12H,7-8,15H2,1H3. The van der Waals surface area contributed by atoms with E-state index in [2.05, 4.69) is 10.1 Å². The van der Waals surface area contributed by atoms with Crippen LogP contribution in [0.25, 0.3) is 0 Å². The smallest absolute Gasteiger partial charge is 0.243 e. The van der Waals surface area contributed by atoms with Gasteiger partial charge in [-0.05, 0) is 24.3 Å². The van der Waals surface area contributed by atoms with E-state index >= 15 is 0 Å². The van der Waals surface area contributed by atoms with Gasteiger partial charge in [0.15, 0.2) is 0 Å². The molecule has 2 unspecified atom stereocenters. The molecule has 2 atom stereocenters. The second-order valence-electron chi connectivity index (χ2n) is 4.88. The zero-order valence-electron chi connectivity index (χ0n) is 10.8. The van der Waals surface area contributed by atoms with Gasteiger partial charge < -0.3 is 15.0 Å². The van der Waals surface area contributed by atoms with Gasteiger partial charge in [0.25, 0.3) is 0 Å². The van der Waals surface area contributed by atoms with Crippen molar-refractivity contribution in [1.29, 1.82) is 0 Å². The molecule has 1 heterocycles. The molecule has 0 aliphatic heterocycles. The van der Waals surface area contributed by atoms with E-state index in [-0.39, 0.29) is 12.1 Å². The van der Waals surface area contributed by atoms with Gasteiger partial charge in [0.2, 0.25) is 11.7 Å². The van der Waals surface area contributed by atoms with Crippen LogP contribution < -0.4 is 5.73 Å². The first kappa shape index (κ1) is 12.3. The van der Waals surface area contributed by atoms with Crippen molar-refractivity contribution in [2.45, 2.75) is 25.0 Å². The fraction of sp³-hybridized carbons (Fsp3) is 0.429. The highest BCUT2D eigenvalue weighted by atomic mass is 16.5. The molecule has 0 radical (unpaired) electrons. The monoisotopic (exact) mass is 259 g/mol. The summed E-state index contributed by atoms with van der Waals surface area (Å²) in [5.41, 5.74) is 7.05. The molecule has 19 heavy (non-hydrogen) atoms. The Balaban J connectivity index is 1.84. The molecule has 1 aromatic heterocycles. The quantitative estimate of drug-likeness (QED) is 0.891. The highest BCUT2D eigenvalue weighted by Crippen LogP contribution is 2.39. The second kappa shape index (κ2) is 5.11. The van der Waals surface area contributed by atoms with E-state index in [1.54, 1.807) is 7.11 Å². The number of aromatic nitrogens is 2. The SMILES string of the molecule is COC(c1ccccc1)c1noc(C(N)C2CC2)n1. The lowest BCUT2D eigenvalue weighted by atomic mass is 10.1. The van der Waals surface area contributed by atoms with E-state index in [4.69, 9.17) is 15.0 Å². The average molecular weight is 259 g/mol. The Morgan fingerprint density at radius 2 is 2.05 bits per heavy atom. The summed E-state index contributed by atoms with van der Waals surface area (Å²) >= 11 is 0. The number of benzene rings is 1. The average Bonchev–Trinajstić information content (AvgIpc) is 3.19. The molecule has 0 amide bonds. The number of rotatable bonds is 5. The van der Waals surface area contributed by atoms with Gasteiger partial charge in [0.05, 0.1) is 6.04 Å². The van der Waals surface area contributed by atoms with Crippen molar-refractivity contribution in [2.75, 3.05) is 7.11 Å². The third-order valence-electron chi connectivity index (χ3n) is 3.45. The number of nitrogens with two attached hydrogens (primary N) is 1. The highest BCUT2D eigenvalue weighted by molar-refractivity contribution is 5.22. The molecule has 5 nitrogen and oxygen atoms in total. The molecule has 2 N–H and O–H groups in total. The molecule has 1 aliphatic carbocycles. The molecule has 1 aliphatic rings. The van der Waals surface area contributed by atoms with Crippen LogP contribution in [-0.2, 0) is 4.74 Å². The summed E-state index contributed by atoms with van der Waals surface area (Å²) in [5.74, 6) is 1.53. The second-order valence-corrected chi connectivity index (χ2v) is 4.88. The summed E-state index contributed by atoms with van der Waals surface area (Å²) < 4.78 is 10.7. The maximum Gasteiger partial charge on any atom is 0.243 e. The Hall–Kier alpha value is -1.72. The molecule has 1 aromatic carbocycles. The van der Waals surface area contributed by atoms with E-state index in [1.165, 1.54) is 0 Å². The molecule has 1 fully saturated rings. The topological polar surface area (TPSA) is 74.2 Å². The fourth-order valence-electron chi connectivity index (χ4n) is 2.16. The first-order valence-corrected chi connectivity index (χ1v) is 6.46. The molecule has 0 saturated heterocycles. The van der Waals surface area contributed by atoms with Gasteiger partial charge in [0, 0.05) is 7.11 Å². The molecule has 0 spiro atoms. The van der Waals surface area contributed by atoms with E-state index in [1.807, 2.05) is 30.3 Å². The van der Waals surface area contributed by atoms with Crippen LogP contribution in [0.2, 0.25) is 0 Å². The zero-order chi connectivity index (χ0) is 13.2. The fourth-order valence-corrected chi connectivity index (χ4v) is 2.16. The molecule has 100 valence electrons. The van der Waals surface area contributed by atoms with Gasteiger partial charge >= 0.3 is 0 Å². The first-order chi connectivity index (χ1) is 9.29. The van der Waals surface area contributed by atoms with Gasteiger partial charge in [-0.2, -0.15) is 4.98 Å². The van der Waals surface area contributed by atoms with Crippen molar-refractivity contribution < 1.29 is 9.26 Å². The third-order valence-corrected chi connectivity index (χ3v) is 3.45. The lowest BCUT2D eigenvalue weighted by molar-refractivity contribution is 0.126. The van der Waals surface area contributed by atoms with Crippen LogP contribution in [0.15, 0.2) is 34.9 Å². The maximum atomic E-state index is 6.06. The van der Waals surface area contributed by atoms with Gasteiger partial charge in [0.1, 0.15) is 6.10 Å². The minimum absolute atomic E-state index is 0.144. The van der Waals surface area contributed by atoms with Crippen molar-refractivity contribution in [1.82, 2.24) is 10.1 Å². The van der Waals surface area contributed by atoms with E-state index in [0.717, 1.165) is 18.4 Å². The predicted molar refractivity (Wildman–Crippen MR) is 69.2 cm³/mol. The van der Waals surface area contributed by atoms with Gasteiger partial charge in [-0.1, -0.05) is 35.5 Å². The lowest BCUT2D eigenvalue weighted by Gasteiger charge is -2.11. The van der Waals surface area contributed by atoms with E-state index in [0.29, 0.717) is 17.6 Å². The Morgan fingerprint density at radius 1 is 1.32 bits per heavy atom. The van der Waals surface area contributed by atoms with Crippen LogP contribution in [0.3, 0.4) is 0 Å². The lowest BCUT2D eigenvalue weighted by Crippen LogP contribution is -2.13. The molecule has 0 bridgehead atoms. The third kappa shape index (κ3) is 2.52. The number of hydrogen-bond acceptors (Lipinski definition) is 5. The molecule has 1 saturated carbocycles. The number of hydrogen-bond donors (Lipinski definition) is 1. The highest BCUT2D eigenvalue weighted by Gasteiger charge is 2.34. The van der Waals surface area contributed by atoms with E-state index < -0.39 is 0 Å². The van der Waals surface area contributed by atoms with Gasteiger partial charge in [-0.25, -0.2) is 0 Å². The summed E-state index contributed by atoms with van der Waals surface area (Å²) in [5, 5.41) is 4.00. The van der Waals surface area contributed by atoms with Crippen LogP contribution in [0, 0.1) is 5.92 Å².